The number of amides is 2. The predicted octanol–water partition coefficient (Wildman–Crippen LogP) is 0.000600. The Labute approximate surface area is 97.2 Å². The minimum Gasteiger partial charge on any atom is -0.357 e. The lowest BCUT2D eigenvalue weighted by atomic mass is 10.0. The quantitative estimate of drug-likeness (QED) is 0.599. The second-order valence-corrected chi connectivity index (χ2v) is 4.32. The highest BCUT2D eigenvalue weighted by Gasteiger charge is 2.22. The van der Waals surface area contributed by atoms with Crippen LogP contribution in [0.4, 0.5) is 0 Å². The summed E-state index contributed by atoms with van der Waals surface area (Å²) in [4.78, 5) is 23.1. The highest BCUT2D eigenvalue weighted by Crippen LogP contribution is 2.05. The van der Waals surface area contributed by atoms with Crippen molar-refractivity contribution in [1.29, 1.82) is 0 Å². The lowest BCUT2D eigenvalue weighted by molar-refractivity contribution is -0.129. The summed E-state index contributed by atoms with van der Waals surface area (Å²) in [5, 5.41) is 5.21. The van der Waals surface area contributed by atoms with E-state index in [0.29, 0.717) is 18.8 Å². The van der Waals surface area contributed by atoms with Gasteiger partial charge in [-0.25, -0.2) is 0 Å². The highest BCUT2D eigenvalue weighted by molar-refractivity contribution is 5.89. The van der Waals surface area contributed by atoms with E-state index < -0.39 is 12.1 Å². The van der Waals surface area contributed by atoms with E-state index in [4.69, 9.17) is 5.73 Å². The summed E-state index contributed by atoms with van der Waals surface area (Å²) >= 11 is 0. The smallest absolute Gasteiger partial charge is 0.242 e. The molecule has 0 fully saturated rings. The summed E-state index contributed by atoms with van der Waals surface area (Å²) in [5.41, 5.74) is 5.59. The fraction of sp³-hybridized carbons (Fsp3) is 0.818. The SMILES string of the molecule is CC[C@@H](N)C(=O)NC(CC(C)C)C(=O)NC. The molecule has 0 bridgehead atoms. The van der Waals surface area contributed by atoms with E-state index in [1.807, 2.05) is 20.8 Å². The van der Waals surface area contributed by atoms with Crippen molar-refractivity contribution in [2.24, 2.45) is 11.7 Å². The third-order valence-electron chi connectivity index (χ3n) is 2.36. The molecule has 0 aliphatic rings. The average Bonchev–Trinajstić information content (AvgIpc) is 2.25. The maximum Gasteiger partial charge on any atom is 0.242 e. The van der Waals surface area contributed by atoms with Crippen molar-refractivity contribution in [3.8, 4) is 0 Å². The van der Waals surface area contributed by atoms with Crippen molar-refractivity contribution in [2.45, 2.75) is 45.7 Å². The number of rotatable bonds is 6. The van der Waals surface area contributed by atoms with Gasteiger partial charge in [0.1, 0.15) is 6.04 Å². The van der Waals surface area contributed by atoms with Crippen LogP contribution in [0.1, 0.15) is 33.6 Å². The second-order valence-electron chi connectivity index (χ2n) is 4.32. The van der Waals surface area contributed by atoms with Gasteiger partial charge in [-0.1, -0.05) is 20.8 Å². The van der Waals surface area contributed by atoms with Crippen molar-refractivity contribution in [2.75, 3.05) is 7.05 Å². The van der Waals surface area contributed by atoms with Gasteiger partial charge in [0.2, 0.25) is 11.8 Å². The third kappa shape index (κ3) is 5.11. The lowest BCUT2D eigenvalue weighted by Gasteiger charge is -2.20. The van der Waals surface area contributed by atoms with Crippen LogP contribution in [0.25, 0.3) is 0 Å². The van der Waals surface area contributed by atoms with E-state index in [9.17, 15) is 9.59 Å². The molecule has 0 aromatic rings. The summed E-state index contributed by atoms with van der Waals surface area (Å²) in [6, 6.07) is -1.03. The topological polar surface area (TPSA) is 84.2 Å². The van der Waals surface area contributed by atoms with E-state index >= 15 is 0 Å². The van der Waals surface area contributed by atoms with Crippen molar-refractivity contribution < 1.29 is 9.59 Å². The first-order chi connectivity index (χ1) is 7.42. The number of hydrogen-bond donors (Lipinski definition) is 3. The maximum atomic E-state index is 11.6. The van der Waals surface area contributed by atoms with Crippen LogP contribution < -0.4 is 16.4 Å². The minimum atomic E-state index is -0.542. The van der Waals surface area contributed by atoms with Crippen molar-refractivity contribution >= 4 is 11.8 Å². The van der Waals surface area contributed by atoms with Crippen LogP contribution in [0.15, 0.2) is 0 Å². The summed E-state index contributed by atoms with van der Waals surface area (Å²) in [7, 11) is 1.56. The average molecular weight is 229 g/mol. The Morgan fingerprint density at radius 3 is 2.19 bits per heavy atom. The second kappa shape index (κ2) is 7.22. The molecule has 0 aromatic heterocycles. The zero-order chi connectivity index (χ0) is 12.7. The zero-order valence-corrected chi connectivity index (χ0v) is 10.5. The predicted molar refractivity (Wildman–Crippen MR) is 63.7 cm³/mol. The van der Waals surface area contributed by atoms with Crippen LogP contribution in [-0.4, -0.2) is 30.9 Å². The molecular weight excluding hydrogens is 206 g/mol. The van der Waals surface area contributed by atoms with E-state index in [0.717, 1.165) is 0 Å². The third-order valence-corrected chi connectivity index (χ3v) is 2.36. The monoisotopic (exact) mass is 229 g/mol. The number of nitrogens with one attached hydrogen (secondary N) is 2. The van der Waals surface area contributed by atoms with Crippen molar-refractivity contribution in [3.63, 3.8) is 0 Å². The van der Waals surface area contributed by atoms with Gasteiger partial charge in [-0.15, -0.1) is 0 Å². The van der Waals surface area contributed by atoms with Gasteiger partial charge >= 0.3 is 0 Å². The Balaban J connectivity index is 4.42. The normalized spacial score (nSPS) is 14.4. The van der Waals surface area contributed by atoms with Crippen LogP contribution in [0, 0.1) is 5.92 Å². The van der Waals surface area contributed by atoms with Crippen LogP contribution in [-0.2, 0) is 9.59 Å². The number of nitrogens with two attached hydrogens (primary N) is 1. The molecule has 0 spiro atoms. The first-order valence-corrected chi connectivity index (χ1v) is 5.69. The molecule has 2 amide bonds. The van der Waals surface area contributed by atoms with E-state index in [1.54, 1.807) is 7.05 Å². The molecular formula is C11H23N3O2. The lowest BCUT2D eigenvalue weighted by Crippen LogP contribution is -2.51. The van der Waals surface area contributed by atoms with Crippen molar-refractivity contribution in [1.82, 2.24) is 10.6 Å². The van der Waals surface area contributed by atoms with Gasteiger partial charge < -0.3 is 16.4 Å². The fourth-order valence-electron chi connectivity index (χ4n) is 1.34. The zero-order valence-electron chi connectivity index (χ0n) is 10.5. The molecule has 5 nitrogen and oxygen atoms in total. The van der Waals surface area contributed by atoms with Gasteiger partial charge in [-0.05, 0) is 18.8 Å². The molecule has 0 radical (unpaired) electrons. The van der Waals surface area contributed by atoms with Gasteiger partial charge in [-0.2, -0.15) is 0 Å². The molecule has 94 valence electrons. The molecule has 16 heavy (non-hydrogen) atoms. The van der Waals surface area contributed by atoms with Gasteiger partial charge in [-0.3, -0.25) is 9.59 Å². The van der Waals surface area contributed by atoms with Crippen LogP contribution >= 0.6 is 0 Å². The highest BCUT2D eigenvalue weighted by atomic mass is 16.2. The summed E-state index contributed by atoms with van der Waals surface area (Å²) in [6.07, 6.45) is 1.18. The Hall–Kier alpha value is -1.10. The Morgan fingerprint density at radius 1 is 1.25 bits per heavy atom. The molecule has 0 aliphatic heterocycles. The van der Waals surface area contributed by atoms with E-state index in [2.05, 4.69) is 10.6 Å². The van der Waals surface area contributed by atoms with Crippen LogP contribution in [0.5, 0.6) is 0 Å². The molecule has 0 rings (SSSR count). The summed E-state index contributed by atoms with van der Waals surface area (Å²) < 4.78 is 0. The molecule has 0 saturated heterocycles. The Morgan fingerprint density at radius 2 is 1.81 bits per heavy atom. The molecule has 4 N–H and O–H groups in total. The van der Waals surface area contributed by atoms with Crippen LogP contribution in [0.3, 0.4) is 0 Å². The summed E-state index contributed by atoms with van der Waals surface area (Å²) in [5.74, 6) is -0.109. The largest absolute Gasteiger partial charge is 0.357 e. The van der Waals surface area contributed by atoms with Gasteiger partial charge in [0.15, 0.2) is 0 Å². The first-order valence-electron chi connectivity index (χ1n) is 5.69. The van der Waals surface area contributed by atoms with Gasteiger partial charge in [0.25, 0.3) is 0 Å². The minimum absolute atomic E-state index is 0.176. The molecule has 1 unspecified atom stereocenters. The van der Waals surface area contributed by atoms with Crippen LogP contribution in [0.2, 0.25) is 0 Å². The number of carbonyl (C=O) groups excluding carboxylic acids is 2. The Bertz CT molecular complexity index is 241. The van der Waals surface area contributed by atoms with E-state index in [1.165, 1.54) is 0 Å². The van der Waals surface area contributed by atoms with E-state index in [-0.39, 0.29) is 11.8 Å². The molecule has 0 aliphatic carbocycles. The Kier molecular flexibility index (Phi) is 6.72. The molecule has 0 heterocycles. The number of carbonyl (C=O) groups is 2. The van der Waals surface area contributed by atoms with Crippen molar-refractivity contribution in [3.05, 3.63) is 0 Å². The number of likely N-dealkylation sites (N-methyl/N-ethyl adjacent to an activating group) is 1. The standard InChI is InChI=1S/C11H23N3O2/c1-5-8(12)10(15)14-9(6-7(2)3)11(16)13-4/h7-9H,5-6,12H2,1-4H3,(H,13,16)(H,14,15)/t8-,9?/m1/s1. The van der Waals surface area contributed by atoms with Gasteiger partial charge in [0.05, 0.1) is 6.04 Å². The number of hydrogen-bond acceptors (Lipinski definition) is 3. The molecule has 0 aromatic carbocycles. The molecule has 2 atom stereocenters. The summed E-state index contributed by atoms with van der Waals surface area (Å²) in [6.45, 7) is 5.84. The maximum absolute atomic E-state index is 11.6. The fourth-order valence-corrected chi connectivity index (χ4v) is 1.34. The van der Waals surface area contributed by atoms with Gasteiger partial charge in [0, 0.05) is 7.05 Å². The molecule has 0 saturated carbocycles. The first kappa shape index (κ1) is 14.9. The molecule has 5 heteroatoms.